The molecule has 0 radical (unpaired) electrons. The standard InChI is InChI=1S/C28H34F5N5O2/c29-27(30)12-13-37(17-27)16-19(14-25(39)34-18-6-5-7-18)35-26(40)23-15-24(38(36-23)20-8-1-2-9-20)21-10-3-4-11-22(21)28(31,32)33/h3-4,10-11,15,18-20H,1-2,5-9,12-14,16-17H2,(H,34,39)(H,35,40). The predicted molar refractivity (Wildman–Crippen MR) is 138 cm³/mol. The van der Waals surface area contributed by atoms with E-state index in [0.717, 1.165) is 51.0 Å². The van der Waals surface area contributed by atoms with Crippen molar-refractivity contribution in [3.05, 3.63) is 41.6 Å². The highest BCUT2D eigenvalue weighted by Gasteiger charge is 2.39. The van der Waals surface area contributed by atoms with E-state index in [9.17, 15) is 31.5 Å². The molecule has 40 heavy (non-hydrogen) atoms. The van der Waals surface area contributed by atoms with Gasteiger partial charge in [0.15, 0.2) is 5.69 Å². The van der Waals surface area contributed by atoms with Crippen molar-refractivity contribution in [2.45, 2.75) is 88.0 Å². The van der Waals surface area contributed by atoms with E-state index in [1.807, 2.05) is 0 Å². The summed E-state index contributed by atoms with van der Waals surface area (Å²) in [5.74, 6) is -3.77. The van der Waals surface area contributed by atoms with E-state index >= 15 is 0 Å². The van der Waals surface area contributed by atoms with Crippen LogP contribution in [-0.4, -0.2) is 64.1 Å². The van der Waals surface area contributed by atoms with Crippen molar-refractivity contribution in [3.63, 3.8) is 0 Å². The van der Waals surface area contributed by atoms with Crippen LogP contribution in [0.4, 0.5) is 22.0 Å². The Balaban J connectivity index is 1.40. The molecule has 218 valence electrons. The second-order valence-electron chi connectivity index (χ2n) is 11.3. The van der Waals surface area contributed by atoms with Gasteiger partial charge in [-0.1, -0.05) is 31.0 Å². The topological polar surface area (TPSA) is 79.3 Å². The van der Waals surface area contributed by atoms with Gasteiger partial charge < -0.3 is 10.6 Å². The number of likely N-dealkylation sites (tertiary alicyclic amines) is 1. The van der Waals surface area contributed by atoms with Gasteiger partial charge in [-0.15, -0.1) is 0 Å². The molecule has 1 atom stereocenters. The lowest BCUT2D eigenvalue weighted by molar-refractivity contribution is -0.137. The van der Waals surface area contributed by atoms with Crippen molar-refractivity contribution in [2.75, 3.05) is 19.6 Å². The molecule has 7 nitrogen and oxygen atoms in total. The summed E-state index contributed by atoms with van der Waals surface area (Å²) < 4.78 is 70.8. The number of hydrogen-bond acceptors (Lipinski definition) is 4. The van der Waals surface area contributed by atoms with Crippen molar-refractivity contribution in [1.82, 2.24) is 25.3 Å². The van der Waals surface area contributed by atoms with Crippen LogP contribution in [0, 0.1) is 0 Å². The third-order valence-corrected chi connectivity index (χ3v) is 8.11. The molecular weight excluding hydrogens is 533 g/mol. The van der Waals surface area contributed by atoms with E-state index in [2.05, 4.69) is 15.7 Å². The Morgan fingerprint density at radius 3 is 2.42 bits per heavy atom. The van der Waals surface area contributed by atoms with Crippen LogP contribution in [0.25, 0.3) is 11.3 Å². The summed E-state index contributed by atoms with van der Waals surface area (Å²) in [6, 6.07) is 5.72. The van der Waals surface area contributed by atoms with Gasteiger partial charge in [0.1, 0.15) is 0 Å². The number of nitrogens with zero attached hydrogens (tertiary/aromatic N) is 3. The molecule has 0 bridgehead atoms. The van der Waals surface area contributed by atoms with Crippen molar-refractivity contribution >= 4 is 11.8 Å². The molecular formula is C28H34F5N5O2. The van der Waals surface area contributed by atoms with Crippen LogP contribution >= 0.6 is 0 Å². The number of nitrogens with one attached hydrogen (secondary N) is 2. The minimum Gasteiger partial charge on any atom is -0.353 e. The Bertz CT molecular complexity index is 1220. The first-order valence-corrected chi connectivity index (χ1v) is 13.9. The number of alkyl halides is 5. The van der Waals surface area contributed by atoms with Crippen LogP contribution in [0.5, 0.6) is 0 Å². The Hall–Kier alpha value is -3.02. The Labute approximate surface area is 229 Å². The summed E-state index contributed by atoms with van der Waals surface area (Å²) in [4.78, 5) is 27.6. The van der Waals surface area contributed by atoms with E-state index in [0.29, 0.717) is 0 Å². The zero-order valence-electron chi connectivity index (χ0n) is 22.2. The first-order valence-electron chi connectivity index (χ1n) is 13.9. The lowest BCUT2D eigenvalue weighted by atomic mass is 9.93. The number of carbonyl (C=O) groups excluding carboxylic acids is 2. The number of rotatable bonds is 9. The van der Waals surface area contributed by atoms with Crippen molar-refractivity contribution in [2.24, 2.45) is 0 Å². The molecule has 1 aliphatic heterocycles. The molecule has 2 N–H and O–H groups in total. The lowest BCUT2D eigenvalue weighted by Gasteiger charge is -2.28. The van der Waals surface area contributed by atoms with Crippen LogP contribution in [0.1, 0.15) is 79.9 Å². The van der Waals surface area contributed by atoms with Crippen molar-refractivity contribution in [3.8, 4) is 11.3 Å². The number of carbonyl (C=O) groups is 2. The summed E-state index contributed by atoms with van der Waals surface area (Å²) in [6.07, 6.45) is 1.07. The SMILES string of the molecule is O=C(CC(CN1CCC(F)(F)C1)NC(=O)c1cc(-c2ccccc2C(F)(F)F)n(C2CCCC2)n1)NC1CCC1. The van der Waals surface area contributed by atoms with E-state index in [-0.39, 0.29) is 60.9 Å². The Morgan fingerprint density at radius 2 is 1.80 bits per heavy atom. The van der Waals surface area contributed by atoms with Gasteiger partial charge in [-0.05, 0) is 44.2 Å². The third kappa shape index (κ3) is 6.64. The van der Waals surface area contributed by atoms with Gasteiger partial charge in [0.2, 0.25) is 5.91 Å². The van der Waals surface area contributed by atoms with Gasteiger partial charge in [-0.3, -0.25) is 19.2 Å². The Kier molecular flexibility index (Phi) is 8.17. The molecule has 3 aliphatic rings. The third-order valence-electron chi connectivity index (χ3n) is 8.11. The maximum absolute atomic E-state index is 13.9. The number of hydrogen-bond donors (Lipinski definition) is 2. The smallest absolute Gasteiger partial charge is 0.353 e. The zero-order valence-corrected chi connectivity index (χ0v) is 22.2. The highest BCUT2D eigenvalue weighted by molar-refractivity contribution is 5.94. The van der Waals surface area contributed by atoms with Gasteiger partial charge in [0.05, 0.1) is 29.9 Å². The molecule has 2 heterocycles. The van der Waals surface area contributed by atoms with Crippen LogP contribution in [0.15, 0.2) is 30.3 Å². The number of benzene rings is 1. The maximum Gasteiger partial charge on any atom is 0.417 e. The molecule has 2 amide bonds. The van der Waals surface area contributed by atoms with Crippen molar-refractivity contribution in [1.29, 1.82) is 0 Å². The molecule has 1 saturated heterocycles. The largest absolute Gasteiger partial charge is 0.417 e. The zero-order chi connectivity index (χ0) is 28.5. The summed E-state index contributed by atoms with van der Waals surface area (Å²) >= 11 is 0. The highest BCUT2D eigenvalue weighted by Crippen LogP contribution is 2.40. The fourth-order valence-electron chi connectivity index (χ4n) is 5.85. The average molecular weight is 568 g/mol. The lowest BCUT2D eigenvalue weighted by Crippen LogP contribution is -2.48. The van der Waals surface area contributed by atoms with Crippen LogP contribution < -0.4 is 10.6 Å². The molecule has 1 unspecified atom stereocenters. The van der Waals surface area contributed by atoms with Crippen LogP contribution in [0.2, 0.25) is 0 Å². The molecule has 2 aromatic rings. The van der Waals surface area contributed by atoms with Gasteiger partial charge in [-0.2, -0.15) is 18.3 Å². The fraction of sp³-hybridized carbons (Fsp3) is 0.607. The maximum atomic E-state index is 13.9. The molecule has 1 aromatic heterocycles. The highest BCUT2D eigenvalue weighted by atomic mass is 19.4. The Morgan fingerprint density at radius 1 is 1.07 bits per heavy atom. The monoisotopic (exact) mass is 567 g/mol. The van der Waals surface area contributed by atoms with E-state index in [4.69, 9.17) is 0 Å². The summed E-state index contributed by atoms with van der Waals surface area (Å²) in [5.41, 5.74) is -0.760. The number of halogens is 5. The quantitative estimate of drug-likeness (QED) is 0.410. The normalized spacial score (nSPS) is 20.8. The predicted octanol–water partition coefficient (Wildman–Crippen LogP) is 5.18. The summed E-state index contributed by atoms with van der Waals surface area (Å²) in [7, 11) is 0. The minimum atomic E-state index is -4.60. The number of aromatic nitrogens is 2. The van der Waals surface area contributed by atoms with Gasteiger partial charge in [-0.25, -0.2) is 8.78 Å². The molecule has 5 rings (SSSR count). The second kappa shape index (κ2) is 11.5. The molecule has 1 aromatic carbocycles. The molecule has 3 fully saturated rings. The fourth-order valence-corrected chi connectivity index (χ4v) is 5.85. The average Bonchev–Trinajstić information content (AvgIpc) is 3.60. The first-order chi connectivity index (χ1) is 19.0. The molecule has 12 heteroatoms. The number of amides is 2. The first kappa shape index (κ1) is 28.5. The molecule has 0 spiro atoms. The summed E-state index contributed by atoms with van der Waals surface area (Å²) in [6.45, 7) is -0.275. The van der Waals surface area contributed by atoms with Gasteiger partial charge in [0, 0.05) is 37.5 Å². The minimum absolute atomic E-state index is 0.0481. The van der Waals surface area contributed by atoms with Gasteiger partial charge in [0.25, 0.3) is 11.8 Å². The van der Waals surface area contributed by atoms with E-state index in [1.54, 1.807) is 0 Å². The van der Waals surface area contributed by atoms with Gasteiger partial charge >= 0.3 is 6.18 Å². The molecule has 2 saturated carbocycles. The van der Waals surface area contributed by atoms with Crippen molar-refractivity contribution < 1.29 is 31.5 Å². The molecule has 2 aliphatic carbocycles. The summed E-state index contributed by atoms with van der Waals surface area (Å²) in [5, 5.41) is 10.1. The van der Waals surface area contributed by atoms with Crippen LogP contribution in [0.3, 0.4) is 0 Å². The van der Waals surface area contributed by atoms with Crippen LogP contribution in [-0.2, 0) is 11.0 Å². The van der Waals surface area contributed by atoms with E-state index in [1.165, 1.54) is 33.8 Å². The second-order valence-corrected chi connectivity index (χ2v) is 11.3. The van der Waals surface area contributed by atoms with E-state index < -0.39 is 36.2 Å².